The summed E-state index contributed by atoms with van der Waals surface area (Å²) in [4.78, 5) is 42.9. The van der Waals surface area contributed by atoms with Crippen molar-refractivity contribution in [3.63, 3.8) is 0 Å². The second-order valence-electron chi connectivity index (χ2n) is 10.0. The molecule has 3 aliphatic rings. The van der Waals surface area contributed by atoms with Crippen molar-refractivity contribution in [2.24, 2.45) is 17.6 Å². The number of fused-ring (bicyclic) bond motifs is 3. The predicted octanol–water partition coefficient (Wildman–Crippen LogP) is 0.880. The van der Waals surface area contributed by atoms with Gasteiger partial charge in [-0.15, -0.1) is 0 Å². The van der Waals surface area contributed by atoms with E-state index < -0.39 is 57.5 Å². The Kier molecular flexibility index (Phi) is 5.53. The number of nitrogens with zero attached hydrogens (tertiary/aromatic N) is 2. The number of carbonyl (C=O) groups is 3. The van der Waals surface area contributed by atoms with Gasteiger partial charge in [0.25, 0.3) is 5.91 Å². The molecule has 0 spiro atoms. The number of carbonyl (C=O) groups excluding carboxylic acids is 3. The van der Waals surface area contributed by atoms with E-state index in [1.165, 1.54) is 7.11 Å². The van der Waals surface area contributed by atoms with Gasteiger partial charge in [-0.25, -0.2) is 0 Å². The molecule has 4 rings (SSSR count). The van der Waals surface area contributed by atoms with E-state index in [2.05, 4.69) is 0 Å². The first-order chi connectivity index (χ1) is 16.2. The fraction of sp³-hybridized carbons (Fsp3) is 0.480. The molecule has 4 atom stereocenters. The molecule has 0 aromatic heterocycles. The first kappa shape index (κ1) is 24.7. The quantitative estimate of drug-likeness (QED) is 0.455. The fourth-order valence-electron chi connectivity index (χ4n) is 6.03. The van der Waals surface area contributed by atoms with E-state index in [0.717, 1.165) is 11.3 Å². The lowest BCUT2D eigenvalue weighted by Gasteiger charge is -2.55. The van der Waals surface area contributed by atoms with Crippen molar-refractivity contribution < 1.29 is 34.4 Å². The van der Waals surface area contributed by atoms with Crippen LogP contribution in [0.25, 0.3) is 0 Å². The fourth-order valence-corrected chi connectivity index (χ4v) is 6.03. The molecule has 0 fully saturated rings. The highest BCUT2D eigenvalue weighted by atomic mass is 16.5. The summed E-state index contributed by atoms with van der Waals surface area (Å²) < 4.78 is 5.43. The van der Waals surface area contributed by atoms with Crippen LogP contribution in [0.5, 0.6) is 5.75 Å². The van der Waals surface area contributed by atoms with Crippen LogP contribution >= 0.6 is 0 Å². The Morgan fingerprint density at radius 3 is 2.29 bits per heavy atom. The van der Waals surface area contributed by atoms with E-state index in [1.807, 2.05) is 25.1 Å². The van der Waals surface area contributed by atoms with E-state index in [9.17, 15) is 29.7 Å². The van der Waals surface area contributed by atoms with Gasteiger partial charge in [-0.2, -0.15) is 0 Å². The number of amides is 1. The monoisotopic (exact) mass is 485 g/mol. The maximum atomic E-state index is 13.8. The molecule has 3 aliphatic carbocycles. The zero-order valence-electron chi connectivity index (χ0n) is 20.7. The van der Waals surface area contributed by atoms with Gasteiger partial charge in [-0.3, -0.25) is 19.3 Å². The number of allylic oxidation sites excluding steroid dienone is 1. The number of methoxy groups -OCH3 is 1. The lowest BCUT2D eigenvalue weighted by molar-refractivity contribution is -0.155. The maximum absolute atomic E-state index is 13.8. The Labute approximate surface area is 203 Å². The number of benzene rings is 1. The Balaban J connectivity index is 2.02. The average molecular weight is 486 g/mol. The minimum atomic E-state index is -2.62. The lowest BCUT2D eigenvalue weighted by atomic mass is 9.54. The minimum Gasteiger partial charge on any atom is -0.509 e. The van der Waals surface area contributed by atoms with Crippen molar-refractivity contribution in [3.8, 4) is 5.75 Å². The lowest BCUT2D eigenvalue weighted by Crippen LogP contribution is -2.68. The molecule has 0 radical (unpaired) electrons. The number of primary amides is 1. The molecular weight excluding hydrogens is 454 g/mol. The molecule has 0 saturated heterocycles. The molecule has 10 nitrogen and oxygen atoms in total. The van der Waals surface area contributed by atoms with Crippen LogP contribution in [-0.4, -0.2) is 84.1 Å². The highest BCUT2D eigenvalue weighted by Gasteiger charge is 2.67. The summed E-state index contributed by atoms with van der Waals surface area (Å²) in [6.45, 7) is 1.57. The van der Waals surface area contributed by atoms with E-state index in [0.29, 0.717) is 12.2 Å². The predicted molar refractivity (Wildman–Crippen MR) is 128 cm³/mol. The highest BCUT2D eigenvalue weighted by Crippen LogP contribution is 2.56. The third kappa shape index (κ3) is 2.99. The van der Waals surface area contributed by atoms with Crippen LogP contribution in [-0.2, 0) is 16.0 Å². The summed E-state index contributed by atoms with van der Waals surface area (Å²) in [5.41, 5.74) is 2.26. The van der Waals surface area contributed by atoms with Gasteiger partial charge in [0.1, 0.15) is 22.8 Å². The number of nitrogens with two attached hydrogens (primary N) is 1. The van der Waals surface area contributed by atoms with Crippen molar-refractivity contribution in [3.05, 3.63) is 45.9 Å². The van der Waals surface area contributed by atoms with Crippen molar-refractivity contribution in [2.75, 3.05) is 40.2 Å². The molecule has 188 valence electrons. The number of rotatable bonds is 4. The topological polar surface area (TPSA) is 154 Å². The number of aliphatic hydroxyl groups is 3. The van der Waals surface area contributed by atoms with Crippen molar-refractivity contribution >= 4 is 23.2 Å². The van der Waals surface area contributed by atoms with E-state index in [4.69, 9.17) is 10.5 Å². The summed E-state index contributed by atoms with van der Waals surface area (Å²) in [7, 11) is 8.39. The Bertz CT molecular complexity index is 1230. The van der Waals surface area contributed by atoms with Gasteiger partial charge in [0.05, 0.1) is 18.2 Å². The molecule has 5 N–H and O–H groups in total. The summed E-state index contributed by atoms with van der Waals surface area (Å²) in [6.07, 6.45) is 0.421. The smallest absolute Gasteiger partial charge is 0.255 e. The Morgan fingerprint density at radius 2 is 1.77 bits per heavy atom. The van der Waals surface area contributed by atoms with Crippen LogP contribution in [0, 0.1) is 11.8 Å². The summed E-state index contributed by atoms with van der Waals surface area (Å²) in [5.74, 6) is -5.70. The van der Waals surface area contributed by atoms with Gasteiger partial charge in [-0.1, -0.05) is 0 Å². The number of anilines is 1. The second kappa shape index (κ2) is 7.82. The van der Waals surface area contributed by atoms with Crippen LogP contribution in [0.3, 0.4) is 0 Å². The molecule has 35 heavy (non-hydrogen) atoms. The number of ketones is 2. The Morgan fingerprint density at radius 1 is 1.14 bits per heavy atom. The van der Waals surface area contributed by atoms with E-state index in [-0.39, 0.29) is 17.6 Å². The van der Waals surface area contributed by atoms with Gasteiger partial charge < -0.3 is 30.7 Å². The van der Waals surface area contributed by atoms with Crippen LogP contribution in [0.2, 0.25) is 0 Å². The van der Waals surface area contributed by atoms with Crippen LogP contribution in [0.4, 0.5) is 5.69 Å². The van der Waals surface area contributed by atoms with E-state index in [1.54, 1.807) is 32.0 Å². The average Bonchev–Trinajstić information content (AvgIpc) is 2.78. The van der Waals surface area contributed by atoms with Crippen molar-refractivity contribution in [2.45, 2.75) is 30.9 Å². The molecule has 1 amide bonds. The van der Waals surface area contributed by atoms with Crippen molar-refractivity contribution in [1.82, 2.24) is 4.90 Å². The SMILES string of the molecule is COc1ccc(N(C)C)c2c1C(=O)C1=C(O)[C@]3(O)C(=O)C(C(N)=O)=C(O)C(C)(N(C)C)C3CC1C2. The first-order valence-electron chi connectivity index (χ1n) is 11.3. The largest absolute Gasteiger partial charge is 0.509 e. The summed E-state index contributed by atoms with van der Waals surface area (Å²) in [6, 6.07) is 3.51. The zero-order valence-corrected chi connectivity index (χ0v) is 20.7. The maximum Gasteiger partial charge on any atom is 0.255 e. The normalized spacial score (nSPS) is 30.2. The molecule has 1 aromatic carbocycles. The first-order valence-corrected chi connectivity index (χ1v) is 11.3. The standard InChI is InChI=1S/C25H31N3O7/c1-24(28(4)5)15-10-11-9-12-13(27(2)3)7-8-14(35-6)17(12)19(29)16(11)21(31)25(15,34)22(32)18(20(24)30)23(26)33/h7-8,11,15,30-31,34H,9-10H2,1-6H3,(H2,26,33)/t11?,15?,24?,25-/m0/s1. The molecule has 10 heteroatoms. The minimum absolute atomic E-state index is 0.0850. The number of likely N-dealkylation sites (N-methyl/N-ethyl adjacent to an activating group) is 1. The van der Waals surface area contributed by atoms with Gasteiger partial charge in [0.15, 0.2) is 11.4 Å². The number of hydrogen-bond donors (Lipinski definition) is 4. The summed E-state index contributed by atoms with van der Waals surface area (Å²) >= 11 is 0. The number of aliphatic hydroxyl groups excluding tert-OH is 2. The van der Waals surface area contributed by atoms with Gasteiger partial charge in [-0.05, 0) is 57.5 Å². The van der Waals surface area contributed by atoms with Gasteiger partial charge in [0, 0.05) is 31.3 Å². The zero-order chi connectivity index (χ0) is 26.2. The molecule has 3 unspecified atom stereocenters. The molecular formula is C25H31N3O7. The molecule has 1 aromatic rings. The summed E-state index contributed by atoms with van der Waals surface area (Å²) in [5, 5.41) is 34.3. The van der Waals surface area contributed by atoms with Gasteiger partial charge in [0.2, 0.25) is 5.78 Å². The van der Waals surface area contributed by atoms with E-state index >= 15 is 0 Å². The number of Topliss-reactive ketones (excluding diaryl/α,β-unsaturated/α-hetero) is 2. The molecule has 0 bridgehead atoms. The number of ether oxygens (including phenoxy) is 1. The van der Waals surface area contributed by atoms with Crippen molar-refractivity contribution in [1.29, 1.82) is 0 Å². The Hall–Kier alpha value is -3.37. The molecule has 0 saturated carbocycles. The van der Waals surface area contributed by atoms with Gasteiger partial charge >= 0.3 is 0 Å². The highest BCUT2D eigenvalue weighted by molar-refractivity contribution is 6.25. The third-order valence-electron chi connectivity index (χ3n) is 8.07. The van der Waals surface area contributed by atoms with Crippen LogP contribution < -0.4 is 15.4 Å². The third-order valence-corrected chi connectivity index (χ3v) is 8.07. The molecule has 0 aliphatic heterocycles. The van der Waals surface area contributed by atoms with Crippen LogP contribution in [0.1, 0.15) is 29.3 Å². The van der Waals surface area contributed by atoms with Crippen LogP contribution in [0.15, 0.2) is 34.8 Å². The second-order valence-corrected chi connectivity index (χ2v) is 10.0. The number of hydrogen-bond acceptors (Lipinski definition) is 9. The molecule has 0 heterocycles.